The molecule has 0 aliphatic heterocycles. The van der Waals surface area contributed by atoms with Gasteiger partial charge in [-0.05, 0) is 29.8 Å². The Balaban J connectivity index is 2.20. The summed E-state index contributed by atoms with van der Waals surface area (Å²) >= 11 is 6.00. The third kappa shape index (κ3) is 1.76. The van der Waals surface area contributed by atoms with Crippen LogP contribution in [-0.4, -0.2) is 10.2 Å². The van der Waals surface area contributed by atoms with Gasteiger partial charge >= 0.3 is 0 Å². The summed E-state index contributed by atoms with van der Waals surface area (Å²) in [5, 5.41) is 7.56. The predicted molar refractivity (Wildman–Crippen MR) is 71.1 cm³/mol. The second-order valence-corrected chi connectivity index (χ2v) is 4.28. The van der Waals surface area contributed by atoms with Crippen molar-refractivity contribution >= 4 is 17.4 Å². The van der Waals surface area contributed by atoms with Crippen molar-refractivity contribution in [2.24, 2.45) is 0 Å². The Morgan fingerprint density at radius 2 is 2.11 bits per heavy atom. The average Bonchev–Trinajstić information content (AvgIpc) is 2.97. The molecule has 3 rings (SSSR count). The van der Waals surface area contributed by atoms with Gasteiger partial charge in [-0.1, -0.05) is 23.7 Å². The molecule has 3 N–H and O–H groups in total. The quantitative estimate of drug-likeness (QED) is 0.739. The first kappa shape index (κ1) is 10.9. The number of furan rings is 1. The van der Waals surface area contributed by atoms with Crippen LogP contribution in [0.1, 0.15) is 0 Å². The van der Waals surface area contributed by atoms with Crippen LogP contribution in [0.4, 0.5) is 5.82 Å². The summed E-state index contributed by atoms with van der Waals surface area (Å²) in [6.07, 6.45) is 1.61. The molecule has 2 heterocycles. The van der Waals surface area contributed by atoms with E-state index in [0.29, 0.717) is 16.6 Å². The number of nitrogen functional groups attached to an aromatic ring is 1. The monoisotopic (exact) mass is 259 g/mol. The summed E-state index contributed by atoms with van der Waals surface area (Å²) < 4.78 is 5.37. The number of nitrogens with zero attached hydrogens (tertiary/aromatic N) is 1. The van der Waals surface area contributed by atoms with E-state index in [0.717, 1.165) is 16.8 Å². The number of hydrogen-bond donors (Lipinski definition) is 2. The molecule has 0 atom stereocenters. The lowest BCUT2D eigenvalue weighted by Crippen LogP contribution is -1.88. The zero-order valence-electron chi connectivity index (χ0n) is 9.35. The van der Waals surface area contributed by atoms with E-state index < -0.39 is 0 Å². The number of rotatable bonds is 2. The molecule has 0 aliphatic rings. The first-order chi connectivity index (χ1) is 8.75. The van der Waals surface area contributed by atoms with Crippen molar-refractivity contribution in [1.29, 1.82) is 0 Å². The first-order valence-electron chi connectivity index (χ1n) is 5.39. The SMILES string of the molecule is Nc1n[nH]c(-c2ccco2)c1-c1cccc(Cl)c1. The highest BCUT2D eigenvalue weighted by Gasteiger charge is 2.16. The van der Waals surface area contributed by atoms with Gasteiger partial charge in [0.15, 0.2) is 11.6 Å². The molecular formula is C13H10ClN3O. The Kier molecular flexibility index (Phi) is 2.57. The molecule has 0 aliphatic carbocycles. The molecule has 0 radical (unpaired) electrons. The number of nitrogens with two attached hydrogens (primary N) is 1. The van der Waals surface area contributed by atoms with Gasteiger partial charge in [-0.2, -0.15) is 5.10 Å². The Bertz CT molecular complexity index is 673. The molecule has 3 aromatic rings. The smallest absolute Gasteiger partial charge is 0.153 e. The summed E-state index contributed by atoms with van der Waals surface area (Å²) in [6, 6.07) is 11.1. The van der Waals surface area contributed by atoms with E-state index in [1.54, 1.807) is 6.26 Å². The maximum atomic E-state index is 6.00. The number of nitrogens with one attached hydrogen (secondary N) is 1. The predicted octanol–water partition coefficient (Wildman–Crippen LogP) is 3.57. The van der Waals surface area contributed by atoms with Gasteiger partial charge in [-0.15, -0.1) is 0 Å². The number of anilines is 1. The largest absolute Gasteiger partial charge is 0.463 e. The molecule has 0 saturated carbocycles. The van der Waals surface area contributed by atoms with Gasteiger partial charge < -0.3 is 10.2 Å². The van der Waals surface area contributed by atoms with Crippen LogP contribution in [0.3, 0.4) is 0 Å². The molecule has 5 heteroatoms. The number of halogens is 1. The third-order valence-electron chi connectivity index (χ3n) is 2.68. The summed E-state index contributed by atoms with van der Waals surface area (Å²) in [4.78, 5) is 0. The zero-order valence-corrected chi connectivity index (χ0v) is 10.1. The maximum absolute atomic E-state index is 6.00. The summed E-state index contributed by atoms with van der Waals surface area (Å²) in [5.41, 5.74) is 8.35. The van der Waals surface area contributed by atoms with Crippen molar-refractivity contribution in [3.63, 3.8) is 0 Å². The Labute approximate surface area is 108 Å². The lowest BCUT2D eigenvalue weighted by molar-refractivity contribution is 0.580. The van der Waals surface area contributed by atoms with Crippen LogP contribution in [0.15, 0.2) is 47.1 Å². The second kappa shape index (κ2) is 4.23. The minimum absolute atomic E-state index is 0.420. The van der Waals surface area contributed by atoms with E-state index in [-0.39, 0.29) is 0 Å². The number of aromatic nitrogens is 2. The maximum Gasteiger partial charge on any atom is 0.153 e. The standard InChI is InChI=1S/C13H10ClN3O/c14-9-4-1-3-8(7-9)11-12(16-17-13(11)15)10-5-2-6-18-10/h1-7H,(H3,15,16,17). The van der Waals surface area contributed by atoms with Crippen molar-refractivity contribution in [2.45, 2.75) is 0 Å². The van der Waals surface area contributed by atoms with Gasteiger partial charge in [0.2, 0.25) is 0 Å². The van der Waals surface area contributed by atoms with Crippen molar-refractivity contribution in [1.82, 2.24) is 10.2 Å². The fourth-order valence-corrected chi connectivity index (χ4v) is 2.08. The molecule has 18 heavy (non-hydrogen) atoms. The lowest BCUT2D eigenvalue weighted by atomic mass is 10.0. The van der Waals surface area contributed by atoms with Crippen LogP contribution in [0.25, 0.3) is 22.6 Å². The van der Waals surface area contributed by atoms with E-state index in [1.807, 2.05) is 36.4 Å². The normalized spacial score (nSPS) is 10.7. The van der Waals surface area contributed by atoms with E-state index in [4.69, 9.17) is 21.8 Å². The zero-order chi connectivity index (χ0) is 12.5. The van der Waals surface area contributed by atoms with Crippen molar-refractivity contribution in [3.8, 4) is 22.6 Å². The summed E-state index contributed by atoms with van der Waals surface area (Å²) in [6.45, 7) is 0. The average molecular weight is 260 g/mol. The Morgan fingerprint density at radius 1 is 1.22 bits per heavy atom. The minimum Gasteiger partial charge on any atom is -0.463 e. The fourth-order valence-electron chi connectivity index (χ4n) is 1.89. The molecule has 0 bridgehead atoms. The van der Waals surface area contributed by atoms with Crippen LogP contribution in [-0.2, 0) is 0 Å². The molecule has 0 fully saturated rings. The highest BCUT2D eigenvalue weighted by Crippen LogP contribution is 2.35. The van der Waals surface area contributed by atoms with Crippen LogP contribution in [0.2, 0.25) is 5.02 Å². The number of hydrogen-bond acceptors (Lipinski definition) is 3. The van der Waals surface area contributed by atoms with Gasteiger partial charge in [-0.3, -0.25) is 5.10 Å². The van der Waals surface area contributed by atoms with Crippen molar-refractivity contribution in [2.75, 3.05) is 5.73 Å². The highest BCUT2D eigenvalue weighted by molar-refractivity contribution is 6.30. The molecule has 4 nitrogen and oxygen atoms in total. The number of H-pyrrole nitrogens is 1. The van der Waals surface area contributed by atoms with Crippen LogP contribution >= 0.6 is 11.6 Å². The van der Waals surface area contributed by atoms with Gasteiger partial charge in [0, 0.05) is 5.02 Å². The van der Waals surface area contributed by atoms with Gasteiger partial charge in [-0.25, -0.2) is 0 Å². The van der Waals surface area contributed by atoms with E-state index in [1.165, 1.54) is 0 Å². The van der Waals surface area contributed by atoms with E-state index in [2.05, 4.69) is 10.2 Å². The molecule has 0 saturated heterocycles. The van der Waals surface area contributed by atoms with E-state index in [9.17, 15) is 0 Å². The van der Waals surface area contributed by atoms with Gasteiger partial charge in [0.05, 0.1) is 11.8 Å². The van der Waals surface area contributed by atoms with Crippen LogP contribution in [0.5, 0.6) is 0 Å². The Morgan fingerprint density at radius 3 is 2.83 bits per heavy atom. The second-order valence-electron chi connectivity index (χ2n) is 3.85. The third-order valence-corrected chi connectivity index (χ3v) is 2.91. The fraction of sp³-hybridized carbons (Fsp3) is 0. The van der Waals surface area contributed by atoms with Crippen LogP contribution < -0.4 is 5.73 Å². The molecule has 90 valence electrons. The molecule has 2 aromatic heterocycles. The van der Waals surface area contributed by atoms with Crippen molar-refractivity contribution < 1.29 is 4.42 Å². The first-order valence-corrected chi connectivity index (χ1v) is 5.77. The van der Waals surface area contributed by atoms with E-state index >= 15 is 0 Å². The summed E-state index contributed by atoms with van der Waals surface area (Å²) in [7, 11) is 0. The van der Waals surface area contributed by atoms with Gasteiger partial charge in [0.25, 0.3) is 0 Å². The lowest BCUT2D eigenvalue weighted by Gasteiger charge is -2.03. The number of aromatic amines is 1. The highest BCUT2D eigenvalue weighted by atomic mass is 35.5. The molecule has 1 aromatic carbocycles. The molecular weight excluding hydrogens is 250 g/mol. The minimum atomic E-state index is 0.420. The Hall–Kier alpha value is -2.20. The molecule has 0 unspecified atom stereocenters. The van der Waals surface area contributed by atoms with Crippen LogP contribution in [0, 0.1) is 0 Å². The topological polar surface area (TPSA) is 67.8 Å². The molecule has 0 amide bonds. The number of benzene rings is 1. The summed E-state index contributed by atoms with van der Waals surface area (Å²) in [5.74, 6) is 1.11. The van der Waals surface area contributed by atoms with Gasteiger partial charge in [0.1, 0.15) is 5.69 Å². The van der Waals surface area contributed by atoms with Crippen molar-refractivity contribution in [3.05, 3.63) is 47.7 Å². The molecule has 0 spiro atoms.